The van der Waals surface area contributed by atoms with Gasteiger partial charge in [-0.05, 0) is 37.1 Å². The topological polar surface area (TPSA) is 98.5 Å². The molecule has 6 rings (SSSR count). The molecule has 1 aliphatic carbocycles. The van der Waals surface area contributed by atoms with E-state index in [0.29, 0.717) is 44.4 Å². The maximum absolute atomic E-state index is 13.0. The van der Waals surface area contributed by atoms with Crippen LogP contribution in [0.1, 0.15) is 42.9 Å². The molecule has 0 bridgehead atoms. The van der Waals surface area contributed by atoms with Crippen molar-refractivity contribution < 1.29 is 35.2 Å². The lowest BCUT2D eigenvalue weighted by molar-refractivity contribution is -0.179. The monoisotopic (exact) mass is 595 g/mol. The molecule has 4 heterocycles. The van der Waals surface area contributed by atoms with Crippen molar-refractivity contribution in [2.24, 2.45) is 0 Å². The molecular formula is C27H32F3N5O5S. The van der Waals surface area contributed by atoms with Gasteiger partial charge in [-0.3, -0.25) is 4.90 Å². The van der Waals surface area contributed by atoms with Crippen LogP contribution in [0, 0.1) is 0 Å². The molecule has 3 aromatic rings. The number of fused-ring (bicyclic) bond motifs is 1. The summed E-state index contributed by atoms with van der Waals surface area (Å²) in [4.78, 5) is 8.55. The Kier molecular flexibility index (Phi) is 7.47. The number of hydrogen-bond donors (Lipinski definition) is 0. The molecule has 0 radical (unpaired) electrons. The van der Waals surface area contributed by atoms with Crippen molar-refractivity contribution in [2.75, 3.05) is 46.4 Å². The summed E-state index contributed by atoms with van der Waals surface area (Å²) >= 11 is 0. The van der Waals surface area contributed by atoms with E-state index in [9.17, 15) is 21.6 Å². The summed E-state index contributed by atoms with van der Waals surface area (Å²) in [5.41, 5.74) is -1.45. The molecule has 10 nitrogen and oxygen atoms in total. The molecule has 3 fully saturated rings. The van der Waals surface area contributed by atoms with Crippen LogP contribution in [-0.2, 0) is 26.1 Å². The second kappa shape index (κ2) is 10.8. The molecule has 222 valence electrons. The number of hydrogen-bond acceptors (Lipinski definition) is 9. The highest BCUT2D eigenvalue weighted by atomic mass is 32.2. The summed E-state index contributed by atoms with van der Waals surface area (Å²) in [6.45, 7) is 6.04. The SMILES string of the molecule is CN1CCN(Cc2ccc(-c3cc(C4CCC5(CC4)OCCO5)n4nc(OS(=O)(=O)C(F)(F)F)ncc34)cc2)CC1. The third-order valence-corrected chi connectivity index (χ3v) is 9.17. The van der Waals surface area contributed by atoms with E-state index in [0.717, 1.165) is 49.5 Å². The van der Waals surface area contributed by atoms with Gasteiger partial charge in [0.1, 0.15) is 0 Å². The van der Waals surface area contributed by atoms with Gasteiger partial charge in [-0.25, -0.2) is 4.52 Å². The number of benzene rings is 1. The molecule has 0 amide bonds. The molecule has 14 heteroatoms. The van der Waals surface area contributed by atoms with Crippen LogP contribution in [0.4, 0.5) is 13.2 Å². The second-order valence-corrected chi connectivity index (χ2v) is 12.5. The van der Waals surface area contributed by atoms with Gasteiger partial charge in [-0.2, -0.15) is 26.6 Å². The van der Waals surface area contributed by atoms with Crippen molar-refractivity contribution in [3.63, 3.8) is 0 Å². The van der Waals surface area contributed by atoms with Crippen molar-refractivity contribution in [1.82, 2.24) is 24.4 Å². The predicted octanol–water partition coefficient (Wildman–Crippen LogP) is 3.77. The first-order valence-electron chi connectivity index (χ1n) is 13.7. The van der Waals surface area contributed by atoms with Gasteiger partial charge in [0.05, 0.1) is 24.9 Å². The third-order valence-electron chi connectivity index (χ3n) is 8.24. The zero-order valence-electron chi connectivity index (χ0n) is 22.6. The average molecular weight is 596 g/mol. The molecule has 2 aliphatic heterocycles. The van der Waals surface area contributed by atoms with Gasteiger partial charge in [-0.1, -0.05) is 24.3 Å². The smallest absolute Gasteiger partial charge is 0.348 e. The number of rotatable bonds is 6. The van der Waals surface area contributed by atoms with Crippen molar-refractivity contribution in [1.29, 1.82) is 0 Å². The molecule has 0 atom stereocenters. The van der Waals surface area contributed by atoms with Crippen molar-refractivity contribution >= 4 is 15.6 Å². The standard InChI is InChI=1S/C27H32F3N5O5S/c1-33-10-12-34(13-11-33)18-19-2-4-20(5-3-19)22-16-23(21-6-8-26(9-7-21)38-14-15-39-26)35-24(22)17-31-25(32-35)40-41(36,37)27(28,29)30/h2-5,16-17,21H,6-15,18H2,1H3. The van der Waals surface area contributed by atoms with Crippen LogP contribution in [0.2, 0.25) is 0 Å². The summed E-state index contributed by atoms with van der Waals surface area (Å²) in [6.07, 6.45) is 4.04. The first-order valence-corrected chi connectivity index (χ1v) is 15.1. The Hall–Kier alpha value is -2.78. The minimum absolute atomic E-state index is 0.00634. The molecule has 0 N–H and O–H groups in total. The van der Waals surface area contributed by atoms with Crippen LogP contribution >= 0.6 is 0 Å². The van der Waals surface area contributed by atoms with Crippen molar-refractivity contribution in [3.8, 4) is 17.1 Å². The fraction of sp³-hybridized carbons (Fsp3) is 0.556. The van der Waals surface area contributed by atoms with E-state index in [1.165, 1.54) is 16.3 Å². The van der Waals surface area contributed by atoms with E-state index in [-0.39, 0.29) is 5.92 Å². The number of ether oxygens (including phenoxy) is 2. The Morgan fingerprint density at radius 1 is 1.05 bits per heavy atom. The minimum Gasteiger partial charge on any atom is -0.348 e. The van der Waals surface area contributed by atoms with E-state index in [2.05, 4.69) is 43.2 Å². The lowest BCUT2D eigenvalue weighted by Gasteiger charge is -2.35. The van der Waals surface area contributed by atoms with E-state index in [1.54, 1.807) is 0 Å². The molecule has 1 saturated carbocycles. The molecular weight excluding hydrogens is 563 g/mol. The first-order chi connectivity index (χ1) is 19.5. The fourth-order valence-electron chi connectivity index (χ4n) is 5.90. The zero-order chi connectivity index (χ0) is 28.8. The van der Waals surface area contributed by atoms with Crippen LogP contribution in [0.3, 0.4) is 0 Å². The number of piperazine rings is 1. The van der Waals surface area contributed by atoms with E-state index in [1.807, 2.05) is 18.2 Å². The fourth-order valence-corrected chi connectivity index (χ4v) is 6.27. The van der Waals surface area contributed by atoms with Gasteiger partial charge in [-0.15, -0.1) is 5.10 Å². The normalized spacial score (nSPS) is 21.2. The van der Waals surface area contributed by atoms with Gasteiger partial charge in [0, 0.05) is 62.7 Å². The van der Waals surface area contributed by atoms with E-state index < -0.39 is 27.4 Å². The summed E-state index contributed by atoms with van der Waals surface area (Å²) < 4.78 is 79.6. The quantitative estimate of drug-likeness (QED) is 0.312. The van der Waals surface area contributed by atoms with Crippen LogP contribution < -0.4 is 4.18 Å². The second-order valence-electron chi connectivity index (χ2n) is 11.0. The molecule has 0 unspecified atom stereocenters. The summed E-state index contributed by atoms with van der Waals surface area (Å²) in [7, 11) is -3.79. The molecule has 2 saturated heterocycles. The maximum Gasteiger partial charge on any atom is 0.534 e. The predicted molar refractivity (Wildman–Crippen MR) is 143 cm³/mol. The van der Waals surface area contributed by atoms with E-state index in [4.69, 9.17) is 9.47 Å². The number of aromatic nitrogens is 3. The highest BCUT2D eigenvalue weighted by Crippen LogP contribution is 2.44. The van der Waals surface area contributed by atoms with Crippen LogP contribution in [0.15, 0.2) is 36.5 Å². The zero-order valence-corrected chi connectivity index (χ0v) is 23.5. The molecule has 3 aliphatic rings. The Balaban J connectivity index is 1.31. The summed E-state index contributed by atoms with van der Waals surface area (Å²) in [6, 6.07) is 9.24. The summed E-state index contributed by atoms with van der Waals surface area (Å²) in [5, 5.41) is 4.12. The van der Waals surface area contributed by atoms with Gasteiger partial charge < -0.3 is 18.6 Å². The van der Waals surface area contributed by atoms with Gasteiger partial charge in [0.15, 0.2) is 5.79 Å². The van der Waals surface area contributed by atoms with Gasteiger partial charge in [0.25, 0.3) is 0 Å². The Morgan fingerprint density at radius 2 is 1.71 bits per heavy atom. The Labute approximate surface area is 236 Å². The van der Waals surface area contributed by atoms with Gasteiger partial charge in [0.2, 0.25) is 0 Å². The maximum atomic E-state index is 13.0. The minimum atomic E-state index is -5.92. The highest BCUT2D eigenvalue weighted by Gasteiger charge is 2.49. The molecule has 1 aromatic carbocycles. The molecule has 1 spiro atoms. The number of halogens is 3. The van der Waals surface area contributed by atoms with Crippen LogP contribution in [0.25, 0.3) is 16.6 Å². The largest absolute Gasteiger partial charge is 0.534 e. The lowest BCUT2D eigenvalue weighted by Crippen LogP contribution is -2.43. The Morgan fingerprint density at radius 3 is 2.34 bits per heavy atom. The van der Waals surface area contributed by atoms with Crippen LogP contribution in [0.5, 0.6) is 6.01 Å². The van der Waals surface area contributed by atoms with Gasteiger partial charge >= 0.3 is 21.6 Å². The molecule has 2 aromatic heterocycles. The van der Waals surface area contributed by atoms with Crippen LogP contribution in [-0.4, -0.2) is 90.6 Å². The average Bonchev–Trinajstić information content (AvgIpc) is 3.55. The molecule has 41 heavy (non-hydrogen) atoms. The first kappa shape index (κ1) is 28.3. The lowest BCUT2D eigenvalue weighted by atomic mass is 9.83. The van der Waals surface area contributed by atoms with E-state index >= 15 is 0 Å². The number of alkyl halides is 3. The third kappa shape index (κ3) is 5.80. The number of nitrogens with zero attached hydrogens (tertiary/aromatic N) is 5. The number of likely N-dealkylation sites (N-methyl/N-ethyl adjacent to an activating group) is 1. The van der Waals surface area contributed by atoms with Crippen molar-refractivity contribution in [3.05, 3.63) is 47.8 Å². The Bertz CT molecular complexity index is 1490. The van der Waals surface area contributed by atoms with Crippen molar-refractivity contribution in [2.45, 2.75) is 49.4 Å². The summed E-state index contributed by atoms with van der Waals surface area (Å²) in [5.74, 6) is -0.594. The highest BCUT2D eigenvalue weighted by molar-refractivity contribution is 7.87.